The van der Waals surface area contributed by atoms with Crippen LogP contribution < -0.4 is 0 Å². The van der Waals surface area contributed by atoms with Crippen LogP contribution in [0.3, 0.4) is 0 Å². The predicted octanol–water partition coefficient (Wildman–Crippen LogP) is 2.52. The molecule has 0 aromatic carbocycles. The fourth-order valence-electron chi connectivity index (χ4n) is 3.05. The van der Waals surface area contributed by atoms with E-state index in [0.717, 1.165) is 24.0 Å². The molecule has 0 amide bonds. The van der Waals surface area contributed by atoms with Crippen LogP contribution in [0.5, 0.6) is 0 Å². The van der Waals surface area contributed by atoms with Gasteiger partial charge in [-0.05, 0) is 30.1 Å². The van der Waals surface area contributed by atoms with Gasteiger partial charge >= 0.3 is 0 Å². The van der Waals surface area contributed by atoms with Gasteiger partial charge in [-0.1, -0.05) is 25.9 Å². The number of fused-ring (bicyclic) bond motifs is 2. The smallest absolute Gasteiger partial charge is 0.0604 e. The Hall–Kier alpha value is -0.530. The van der Waals surface area contributed by atoms with Gasteiger partial charge in [-0.3, -0.25) is 0 Å². The predicted molar refractivity (Wildman–Crippen MR) is 48.4 cm³/mol. The van der Waals surface area contributed by atoms with Crippen LogP contribution in [0.2, 0.25) is 0 Å². The molecule has 3 rings (SSSR count). The van der Waals surface area contributed by atoms with Crippen LogP contribution in [0.15, 0.2) is 5.16 Å². The number of rotatable bonds is 0. The first-order valence-electron chi connectivity index (χ1n) is 4.78. The van der Waals surface area contributed by atoms with Gasteiger partial charge in [0.15, 0.2) is 0 Å². The molecule has 0 radical (unpaired) electrons. The summed E-state index contributed by atoms with van der Waals surface area (Å²) in [4.78, 5) is 0. The Morgan fingerprint density at radius 2 is 2.17 bits per heavy atom. The van der Waals surface area contributed by atoms with E-state index in [0.29, 0.717) is 11.3 Å². The van der Waals surface area contributed by atoms with Crippen LogP contribution >= 0.6 is 0 Å². The third-order valence-corrected chi connectivity index (χ3v) is 4.26. The SMILES string of the molecule is CC1/C(=N/O)C[C@H]2C[C@@H]1C2(C)C. The maximum absolute atomic E-state index is 8.76. The Balaban J connectivity index is 2.22. The minimum Gasteiger partial charge on any atom is -0.411 e. The molecule has 68 valence electrons. The highest BCUT2D eigenvalue weighted by Crippen LogP contribution is 2.60. The van der Waals surface area contributed by atoms with Crippen molar-refractivity contribution >= 4 is 5.71 Å². The van der Waals surface area contributed by atoms with Gasteiger partial charge in [-0.15, -0.1) is 0 Å². The van der Waals surface area contributed by atoms with Crippen molar-refractivity contribution in [2.75, 3.05) is 0 Å². The van der Waals surface area contributed by atoms with Gasteiger partial charge in [0, 0.05) is 5.92 Å². The normalized spacial score (nSPS) is 47.2. The van der Waals surface area contributed by atoms with Crippen molar-refractivity contribution in [1.82, 2.24) is 0 Å². The van der Waals surface area contributed by atoms with Crippen LogP contribution in [-0.4, -0.2) is 10.9 Å². The summed E-state index contributed by atoms with van der Waals surface area (Å²) in [6, 6.07) is 0. The molecule has 0 heterocycles. The Bertz CT molecular complexity index is 232. The van der Waals surface area contributed by atoms with Gasteiger partial charge < -0.3 is 5.21 Å². The summed E-state index contributed by atoms with van der Waals surface area (Å²) in [7, 11) is 0. The van der Waals surface area contributed by atoms with Crippen LogP contribution in [0, 0.1) is 23.2 Å². The summed E-state index contributed by atoms with van der Waals surface area (Å²) in [5.74, 6) is 2.02. The lowest BCUT2D eigenvalue weighted by molar-refractivity contribution is -0.0534. The quantitative estimate of drug-likeness (QED) is 0.436. The monoisotopic (exact) mass is 167 g/mol. The second kappa shape index (κ2) is 2.24. The fourth-order valence-corrected chi connectivity index (χ4v) is 3.05. The molecule has 3 fully saturated rings. The van der Waals surface area contributed by atoms with E-state index in [1.54, 1.807) is 0 Å². The number of nitrogens with zero attached hydrogens (tertiary/aromatic N) is 1. The molecular weight excluding hydrogens is 150 g/mol. The highest BCUT2D eigenvalue weighted by Gasteiger charge is 2.55. The molecule has 0 aromatic rings. The minimum atomic E-state index is 0.494. The van der Waals surface area contributed by atoms with Gasteiger partial charge in [-0.2, -0.15) is 0 Å². The number of oxime groups is 1. The van der Waals surface area contributed by atoms with Gasteiger partial charge in [0.25, 0.3) is 0 Å². The third-order valence-electron chi connectivity index (χ3n) is 4.26. The Morgan fingerprint density at radius 3 is 2.58 bits per heavy atom. The first kappa shape index (κ1) is 8.09. The van der Waals surface area contributed by atoms with Crippen molar-refractivity contribution in [3.8, 4) is 0 Å². The van der Waals surface area contributed by atoms with Crippen LogP contribution in [0.1, 0.15) is 33.6 Å². The highest BCUT2D eigenvalue weighted by atomic mass is 16.4. The average Bonchev–Trinajstić information content (AvgIpc) is 2.03. The molecule has 12 heavy (non-hydrogen) atoms. The van der Waals surface area contributed by atoms with Crippen molar-refractivity contribution in [3.05, 3.63) is 0 Å². The third kappa shape index (κ3) is 0.782. The molecule has 0 spiro atoms. The van der Waals surface area contributed by atoms with Gasteiger partial charge in [-0.25, -0.2) is 0 Å². The summed E-state index contributed by atoms with van der Waals surface area (Å²) in [6.45, 7) is 6.88. The zero-order chi connectivity index (χ0) is 8.93. The molecule has 1 N–H and O–H groups in total. The van der Waals surface area contributed by atoms with E-state index in [-0.39, 0.29) is 0 Å². The lowest BCUT2D eigenvalue weighted by atomic mass is 9.45. The molecule has 2 bridgehead atoms. The maximum Gasteiger partial charge on any atom is 0.0604 e. The lowest BCUT2D eigenvalue weighted by Gasteiger charge is -2.59. The van der Waals surface area contributed by atoms with Crippen molar-refractivity contribution < 1.29 is 5.21 Å². The van der Waals surface area contributed by atoms with Crippen LogP contribution in [0.4, 0.5) is 0 Å². The van der Waals surface area contributed by atoms with Crippen molar-refractivity contribution in [2.45, 2.75) is 33.6 Å². The molecule has 0 saturated heterocycles. The van der Waals surface area contributed by atoms with Gasteiger partial charge in [0.1, 0.15) is 0 Å². The van der Waals surface area contributed by atoms with Crippen molar-refractivity contribution in [2.24, 2.45) is 28.3 Å². The molecule has 1 unspecified atom stereocenters. The van der Waals surface area contributed by atoms with E-state index in [1.807, 2.05) is 0 Å². The maximum atomic E-state index is 8.76. The topological polar surface area (TPSA) is 32.6 Å². The second-order valence-corrected chi connectivity index (χ2v) is 4.94. The van der Waals surface area contributed by atoms with E-state index in [4.69, 9.17) is 5.21 Å². The molecular formula is C10H17NO. The summed E-state index contributed by atoms with van der Waals surface area (Å²) in [5, 5.41) is 12.1. The molecule has 3 saturated carbocycles. The standard InChI is InChI=1S/C10H17NO/c1-6-8-4-7(10(8,2)3)5-9(6)11-12/h6-8,12H,4-5H2,1-3H3/b11-9+/t6?,7-,8+/m1/s1. The second-order valence-electron chi connectivity index (χ2n) is 4.94. The lowest BCUT2D eigenvalue weighted by Crippen LogP contribution is -2.55. The molecule has 2 nitrogen and oxygen atoms in total. The first-order valence-corrected chi connectivity index (χ1v) is 4.78. The molecule has 0 aliphatic heterocycles. The van der Waals surface area contributed by atoms with Crippen LogP contribution in [-0.2, 0) is 0 Å². The largest absolute Gasteiger partial charge is 0.411 e. The summed E-state index contributed by atoms with van der Waals surface area (Å²) in [6.07, 6.45) is 2.36. The van der Waals surface area contributed by atoms with E-state index >= 15 is 0 Å². The number of hydrogen-bond acceptors (Lipinski definition) is 2. The molecule has 3 aliphatic rings. The average molecular weight is 167 g/mol. The van der Waals surface area contributed by atoms with Crippen LogP contribution in [0.25, 0.3) is 0 Å². The minimum absolute atomic E-state index is 0.494. The number of hydrogen-bond donors (Lipinski definition) is 1. The summed E-state index contributed by atoms with van der Waals surface area (Å²) in [5.41, 5.74) is 1.52. The van der Waals surface area contributed by atoms with Crippen molar-refractivity contribution in [3.63, 3.8) is 0 Å². The molecule has 3 aliphatic carbocycles. The van der Waals surface area contributed by atoms with E-state index in [9.17, 15) is 0 Å². The molecule has 3 atom stereocenters. The Morgan fingerprint density at radius 1 is 1.50 bits per heavy atom. The fraction of sp³-hybridized carbons (Fsp3) is 0.900. The molecule has 2 heteroatoms. The van der Waals surface area contributed by atoms with Crippen molar-refractivity contribution in [1.29, 1.82) is 0 Å². The zero-order valence-corrected chi connectivity index (χ0v) is 8.04. The zero-order valence-electron chi connectivity index (χ0n) is 8.04. The van der Waals surface area contributed by atoms with E-state index in [2.05, 4.69) is 25.9 Å². The van der Waals surface area contributed by atoms with Gasteiger partial charge in [0.05, 0.1) is 5.71 Å². The summed E-state index contributed by atoms with van der Waals surface area (Å²) >= 11 is 0. The Kier molecular flexibility index (Phi) is 1.51. The highest BCUT2D eigenvalue weighted by molar-refractivity contribution is 5.88. The van der Waals surface area contributed by atoms with E-state index < -0.39 is 0 Å². The van der Waals surface area contributed by atoms with Gasteiger partial charge in [0.2, 0.25) is 0 Å². The molecule has 0 aromatic heterocycles. The first-order chi connectivity index (χ1) is 5.57. The Labute approximate surface area is 73.7 Å². The van der Waals surface area contributed by atoms with E-state index in [1.165, 1.54) is 6.42 Å². The summed E-state index contributed by atoms with van der Waals surface area (Å²) < 4.78 is 0.